The van der Waals surface area contributed by atoms with E-state index >= 15 is 0 Å². The standard InChI is InChI=1S/C32H39N3O7/c1-22-18-35-28-25(40-29(35)34-27(22)36)26(39-20-24-14-9-6-10-15-24)32(41-28,21-38-19-23-12-7-5-8-13-23)16-11-17-33-30(37)42-31(2,3)4/h5-10,12-15,18,25-26,28H,11,16-17,19-21H2,1-4H3,(H,33,37)/t25-,26-,28+,32+/m0/s1. The molecule has 0 spiro atoms. The zero-order valence-electron chi connectivity index (χ0n) is 24.6. The van der Waals surface area contributed by atoms with Gasteiger partial charge in [0.25, 0.3) is 5.56 Å². The van der Waals surface area contributed by atoms with Gasteiger partial charge in [0.1, 0.15) is 17.3 Å². The van der Waals surface area contributed by atoms with Crippen LogP contribution in [0.5, 0.6) is 6.01 Å². The Morgan fingerprint density at radius 1 is 1.05 bits per heavy atom. The summed E-state index contributed by atoms with van der Waals surface area (Å²) in [5.41, 5.74) is 0.699. The molecule has 224 valence electrons. The number of hydrogen-bond acceptors (Lipinski definition) is 8. The molecule has 2 aromatic carbocycles. The molecular formula is C32H39N3O7. The molecule has 1 amide bonds. The first-order chi connectivity index (χ1) is 20.1. The average molecular weight is 578 g/mol. The van der Waals surface area contributed by atoms with Gasteiger partial charge in [0.05, 0.1) is 19.8 Å². The molecule has 1 saturated heterocycles. The first kappa shape index (κ1) is 29.8. The molecule has 2 aliphatic rings. The summed E-state index contributed by atoms with van der Waals surface area (Å²) in [4.78, 5) is 28.7. The van der Waals surface area contributed by atoms with Crippen molar-refractivity contribution in [2.45, 2.75) is 83.4 Å². The number of carbonyl (C=O) groups is 1. The number of hydrogen-bond donors (Lipinski definition) is 1. The van der Waals surface area contributed by atoms with Gasteiger partial charge in [0, 0.05) is 18.3 Å². The van der Waals surface area contributed by atoms with Crippen LogP contribution in [0.25, 0.3) is 0 Å². The maximum atomic E-state index is 12.3. The van der Waals surface area contributed by atoms with Gasteiger partial charge in [-0.25, -0.2) is 4.79 Å². The molecule has 1 fully saturated rings. The summed E-state index contributed by atoms with van der Waals surface area (Å²) >= 11 is 0. The van der Waals surface area contributed by atoms with Gasteiger partial charge in [-0.3, -0.25) is 9.36 Å². The summed E-state index contributed by atoms with van der Waals surface area (Å²) in [7, 11) is 0. The molecule has 1 aromatic heterocycles. The number of alkyl carbamates (subject to hydrolysis) is 1. The van der Waals surface area contributed by atoms with E-state index in [9.17, 15) is 9.59 Å². The number of aryl methyl sites for hydroxylation is 1. The molecule has 0 saturated carbocycles. The highest BCUT2D eigenvalue weighted by atomic mass is 16.7. The maximum Gasteiger partial charge on any atom is 0.407 e. The predicted molar refractivity (Wildman–Crippen MR) is 155 cm³/mol. The fourth-order valence-corrected chi connectivity index (χ4v) is 5.31. The van der Waals surface area contributed by atoms with Crippen LogP contribution in [0, 0.1) is 6.92 Å². The van der Waals surface area contributed by atoms with E-state index in [0.717, 1.165) is 11.1 Å². The van der Waals surface area contributed by atoms with E-state index in [1.807, 2.05) is 81.4 Å². The largest absolute Gasteiger partial charge is 0.453 e. The minimum atomic E-state index is -0.913. The monoisotopic (exact) mass is 577 g/mol. The molecule has 0 bridgehead atoms. The van der Waals surface area contributed by atoms with E-state index in [4.69, 9.17) is 23.7 Å². The molecular weight excluding hydrogens is 538 g/mol. The minimum Gasteiger partial charge on any atom is -0.453 e. The highest BCUT2D eigenvalue weighted by molar-refractivity contribution is 5.67. The van der Waals surface area contributed by atoms with E-state index in [2.05, 4.69) is 10.3 Å². The number of carbonyl (C=O) groups excluding carboxylic acids is 1. The molecule has 10 heteroatoms. The second-order valence-corrected chi connectivity index (χ2v) is 11.8. The number of aromatic nitrogens is 2. The third kappa shape index (κ3) is 7.00. The zero-order valence-corrected chi connectivity index (χ0v) is 24.6. The quantitative estimate of drug-likeness (QED) is 0.327. The molecule has 42 heavy (non-hydrogen) atoms. The summed E-state index contributed by atoms with van der Waals surface area (Å²) in [5.74, 6) is 0. The Kier molecular flexibility index (Phi) is 8.96. The third-order valence-electron chi connectivity index (χ3n) is 7.23. The topological polar surface area (TPSA) is 110 Å². The lowest BCUT2D eigenvalue weighted by Crippen LogP contribution is -2.50. The average Bonchev–Trinajstić information content (AvgIpc) is 3.43. The summed E-state index contributed by atoms with van der Waals surface area (Å²) in [6, 6.07) is 20.0. The van der Waals surface area contributed by atoms with Crippen LogP contribution in [0.3, 0.4) is 0 Å². The zero-order chi connectivity index (χ0) is 29.7. The summed E-state index contributed by atoms with van der Waals surface area (Å²) in [5, 5.41) is 2.84. The Bertz CT molecular complexity index is 1410. The van der Waals surface area contributed by atoms with Gasteiger partial charge in [0.2, 0.25) is 0 Å². The number of ether oxygens (including phenoxy) is 5. The van der Waals surface area contributed by atoms with Crippen LogP contribution in [-0.4, -0.2) is 52.2 Å². The van der Waals surface area contributed by atoms with Gasteiger partial charge in [-0.05, 0) is 51.7 Å². The van der Waals surface area contributed by atoms with Crippen LogP contribution >= 0.6 is 0 Å². The van der Waals surface area contributed by atoms with Crippen LogP contribution < -0.4 is 15.6 Å². The third-order valence-corrected chi connectivity index (χ3v) is 7.23. The molecule has 10 nitrogen and oxygen atoms in total. The molecule has 0 radical (unpaired) electrons. The number of benzene rings is 2. The summed E-state index contributed by atoms with van der Waals surface area (Å²) < 4.78 is 33.1. The molecule has 4 atom stereocenters. The molecule has 2 aliphatic heterocycles. The van der Waals surface area contributed by atoms with Gasteiger partial charge in [-0.2, -0.15) is 4.98 Å². The predicted octanol–water partition coefficient (Wildman–Crippen LogP) is 4.69. The number of rotatable bonds is 11. The van der Waals surface area contributed by atoms with Gasteiger partial charge < -0.3 is 29.0 Å². The Morgan fingerprint density at radius 3 is 2.38 bits per heavy atom. The molecule has 0 aliphatic carbocycles. The number of amides is 1. The normalized spacial score (nSPS) is 22.7. The second-order valence-electron chi connectivity index (χ2n) is 11.8. The lowest BCUT2D eigenvalue weighted by Gasteiger charge is -2.35. The van der Waals surface area contributed by atoms with Crippen LogP contribution in [0.4, 0.5) is 4.79 Å². The second kappa shape index (κ2) is 12.6. The number of fused-ring (bicyclic) bond motifs is 3. The Labute approximate surface area is 245 Å². The van der Waals surface area contributed by atoms with Crippen LogP contribution in [-0.2, 0) is 32.2 Å². The van der Waals surface area contributed by atoms with Gasteiger partial charge in [0.15, 0.2) is 12.3 Å². The number of nitrogens with zero attached hydrogens (tertiary/aromatic N) is 2. The Morgan fingerprint density at radius 2 is 1.71 bits per heavy atom. The molecule has 5 rings (SSSR count). The maximum absolute atomic E-state index is 12.3. The summed E-state index contributed by atoms with van der Waals surface area (Å²) in [6.07, 6.45) is 0.655. The highest BCUT2D eigenvalue weighted by Crippen LogP contribution is 2.48. The van der Waals surface area contributed by atoms with Crippen molar-refractivity contribution in [3.63, 3.8) is 0 Å². The molecule has 3 heterocycles. The van der Waals surface area contributed by atoms with E-state index in [1.54, 1.807) is 17.7 Å². The van der Waals surface area contributed by atoms with Gasteiger partial charge >= 0.3 is 12.1 Å². The first-order valence-electron chi connectivity index (χ1n) is 14.3. The van der Waals surface area contributed by atoms with Crippen molar-refractivity contribution >= 4 is 6.09 Å². The van der Waals surface area contributed by atoms with Crippen molar-refractivity contribution in [3.8, 4) is 6.01 Å². The lowest BCUT2D eigenvalue weighted by atomic mass is 9.90. The van der Waals surface area contributed by atoms with E-state index < -0.39 is 35.7 Å². The molecule has 0 unspecified atom stereocenters. The fourth-order valence-electron chi connectivity index (χ4n) is 5.31. The van der Waals surface area contributed by atoms with Crippen molar-refractivity contribution in [2.75, 3.05) is 13.2 Å². The van der Waals surface area contributed by atoms with Crippen LogP contribution in [0.15, 0.2) is 71.7 Å². The molecule has 3 aromatic rings. The van der Waals surface area contributed by atoms with Crippen molar-refractivity contribution in [1.29, 1.82) is 0 Å². The van der Waals surface area contributed by atoms with Crippen molar-refractivity contribution in [1.82, 2.24) is 14.9 Å². The smallest absolute Gasteiger partial charge is 0.407 e. The van der Waals surface area contributed by atoms with Crippen molar-refractivity contribution in [2.24, 2.45) is 0 Å². The van der Waals surface area contributed by atoms with E-state index in [1.165, 1.54) is 0 Å². The Hall–Kier alpha value is -3.73. The minimum absolute atomic E-state index is 0.208. The fraction of sp³-hybridized carbons (Fsp3) is 0.469. The van der Waals surface area contributed by atoms with Crippen molar-refractivity contribution < 1.29 is 28.5 Å². The van der Waals surface area contributed by atoms with E-state index in [0.29, 0.717) is 38.2 Å². The lowest BCUT2D eigenvalue weighted by molar-refractivity contribution is -0.163. The van der Waals surface area contributed by atoms with Crippen LogP contribution in [0.2, 0.25) is 0 Å². The Balaban J connectivity index is 1.39. The molecule has 1 N–H and O–H groups in total. The van der Waals surface area contributed by atoms with Gasteiger partial charge in [-0.15, -0.1) is 0 Å². The first-order valence-corrected chi connectivity index (χ1v) is 14.3. The summed E-state index contributed by atoms with van der Waals surface area (Å²) in [6.45, 7) is 8.53. The van der Waals surface area contributed by atoms with Crippen molar-refractivity contribution in [3.05, 3.63) is 93.9 Å². The van der Waals surface area contributed by atoms with Crippen LogP contribution in [0.1, 0.15) is 56.5 Å². The van der Waals surface area contributed by atoms with Gasteiger partial charge in [-0.1, -0.05) is 60.7 Å². The SMILES string of the molecule is Cc1cn2c(nc1=O)O[C@@H]1[C@H]2O[C@](CCCNC(=O)OC(C)(C)C)(COCc2ccccc2)[C@H]1OCc1ccccc1. The number of nitrogens with one attached hydrogen (secondary N) is 1. The van der Waals surface area contributed by atoms with E-state index in [-0.39, 0.29) is 18.2 Å². The highest BCUT2D eigenvalue weighted by Gasteiger charge is 2.60.